The molecule has 0 fully saturated rings. The number of hydrogen-bond acceptors (Lipinski definition) is 1. The maximum atomic E-state index is 6.10. The summed E-state index contributed by atoms with van der Waals surface area (Å²) in [7, 11) is 0. The van der Waals surface area contributed by atoms with Crippen molar-refractivity contribution in [2.45, 2.75) is 65.2 Å². The van der Waals surface area contributed by atoms with Crippen LogP contribution in [0, 0.1) is 0 Å². The van der Waals surface area contributed by atoms with Gasteiger partial charge in [0.05, 0.1) is 0 Å². The van der Waals surface area contributed by atoms with Gasteiger partial charge in [-0.2, -0.15) is 0 Å². The molecular weight excluding hydrogens is 424 g/mol. The molecule has 2 atom stereocenters. The van der Waals surface area contributed by atoms with Gasteiger partial charge in [0, 0.05) is 0 Å². The van der Waals surface area contributed by atoms with Crippen LogP contribution in [0.3, 0.4) is 0 Å². The van der Waals surface area contributed by atoms with Crippen molar-refractivity contribution in [1.29, 1.82) is 0 Å². The normalized spacial score (nSPS) is 12.8. The van der Waals surface area contributed by atoms with Gasteiger partial charge in [-0.05, 0) is 95.2 Å². The zero-order valence-corrected chi connectivity index (χ0v) is 21.6. The van der Waals surface area contributed by atoms with E-state index in [1.807, 2.05) is 0 Å². The van der Waals surface area contributed by atoms with E-state index in [0.29, 0.717) is 11.8 Å². The number of rotatable bonds is 10. The first-order valence-corrected chi connectivity index (χ1v) is 13.1. The second-order valence-corrected chi connectivity index (χ2v) is 9.85. The van der Waals surface area contributed by atoms with E-state index in [1.54, 1.807) is 0 Å². The summed E-state index contributed by atoms with van der Waals surface area (Å²) < 4.78 is 6.10. The van der Waals surface area contributed by atoms with Crippen LogP contribution in [0.25, 0.3) is 0 Å². The van der Waals surface area contributed by atoms with Gasteiger partial charge in [0.1, 0.15) is 11.5 Å². The Kier molecular flexibility index (Phi) is 8.42. The second-order valence-electron chi connectivity index (χ2n) is 9.85. The molecule has 0 saturated carbocycles. The lowest BCUT2D eigenvalue weighted by Gasteiger charge is -2.11. The predicted molar refractivity (Wildman–Crippen MR) is 149 cm³/mol. The summed E-state index contributed by atoms with van der Waals surface area (Å²) in [5.74, 6) is 2.98. The molecule has 0 N–H and O–H groups in total. The summed E-state index contributed by atoms with van der Waals surface area (Å²) in [5, 5.41) is 0. The predicted octanol–water partition coefficient (Wildman–Crippen LogP) is 9.69. The molecule has 0 heterocycles. The Hall–Kier alpha value is -3.32. The van der Waals surface area contributed by atoms with E-state index in [9.17, 15) is 0 Å². The SMILES string of the molecule is CCC(C)c1ccc(Cc2ccc(Oc3ccc(Cc4ccc(C(C)CC)cc4)cc3)cc2)cc1. The fourth-order valence-corrected chi connectivity index (χ4v) is 4.36. The maximum Gasteiger partial charge on any atom is 0.127 e. The maximum absolute atomic E-state index is 6.10. The molecule has 0 aromatic heterocycles. The fraction of sp³-hybridized carbons (Fsp3) is 0.294. The first kappa shape index (κ1) is 24.8. The number of ether oxygens (including phenoxy) is 1. The molecule has 1 nitrogen and oxygen atoms in total. The van der Waals surface area contributed by atoms with Crippen LogP contribution in [0.15, 0.2) is 97.1 Å². The van der Waals surface area contributed by atoms with Crippen LogP contribution in [0.5, 0.6) is 11.5 Å². The van der Waals surface area contributed by atoms with Gasteiger partial charge in [0.25, 0.3) is 0 Å². The smallest absolute Gasteiger partial charge is 0.127 e. The minimum absolute atomic E-state index is 0.621. The highest BCUT2D eigenvalue weighted by atomic mass is 16.5. The zero-order chi connectivity index (χ0) is 24.6. The Morgan fingerprint density at radius 3 is 1.03 bits per heavy atom. The van der Waals surface area contributed by atoms with Crippen molar-refractivity contribution in [2.75, 3.05) is 0 Å². The van der Waals surface area contributed by atoms with Crippen molar-refractivity contribution in [1.82, 2.24) is 0 Å². The van der Waals surface area contributed by atoms with Gasteiger partial charge in [-0.25, -0.2) is 0 Å². The van der Waals surface area contributed by atoms with Gasteiger partial charge in [-0.15, -0.1) is 0 Å². The average Bonchev–Trinajstić information content (AvgIpc) is 2.91. The molecule has 4 aromatic carbocycles. The summed E-state index contributed by atoms with van der Waals surface area (Å²) in [6, 6.07) is 35.0. The molecule has 0 aliphatic rings. The van der Waals surface area contributed by atoms with Gasteiger partial charge >= 0.3 is 0 Å². The monoisotopic (exact) mass is 462 g/mol. The van der Waals surface area contributed by atoms with Crippen molar-refractivity contribution in [3.8, 4) is 11.5 Å². The molecule has 2 unspecified atom stereocenters. The van der Waals surface area contributed by atoms with E-state index in [-0.39, 0.29) is 0 Å². The van der Waals surface area contributed by atoms with Crippen LogP contribution in [-0.4, -0.2) is 0 Å². The quantitative estimate of drug-likeness (QED) is 0.228. The van der Waals surface area contributed by atoms with Gasteiger partial charge in [0.2, 0.25) is 0 Å². The van der Waals surface area contributed by atoms with Crippen molar-refractivity contribution in [2.24, 2.45) is 0 Å². The molecule has 0 radical (unpaired) electrons. The summed E-state index contributed by atoms with van der Waals surface area (Å²) in [6.45, 7) is 9.05. The summed E-state index contributed by atoms with van der Waals surface area (Å²) >= 11 is 0. The van der Waals surface area contributed by atoms with E-state index >= 15 is 0 Å². The third-order valence-corrected chi connectivity index (χ3v) is 7.22. The van der Waals surface area contributed by atoms with Gasteiger partial charge < -0.3 is 4.74 Å². The van der Waals surface area contributed by atoms with E-state index in [0.717, 1.165) is 24.3 Å². The lowest BCUT2D eigenvalue weighted by atomic mass is 9.96. The summed E-state index contributed by atoms with van der Waals surface area (Å²) in [6.07, 6.45) is 4.23. The number of hydrogen-bond donors (Lipinski definition) is 0. The molecule has 0 aliphatic carbocycles. The lowest BCUT2D eigenvalue weighted by Crippen LogP contribution is -1.94. The zero-order valence-electron chi connectivity index (χ0n) is 21.6. The first-order valence-electron chi connectivity index (χ1n) is 13.1. The Labute approximate surface area is 211 Å². The Bertz CT molecular complexity index is 1070. The van der Waals surface area contributed by atoms with Crippen LogP contribution in [0.4, 0.5) is 0 Å². The van der Waals surface area contributed by atoms with Crippen molar-refractivity contribution in [3.63, 3.8) is 0 Å². The van der Waals surface area contributed by atoms with Crippen molar-refractivity contribution in [3.05, 3.63) is 130 Å². The number of benzene rings is 4. The molecule has 4 rings (SSSR count). The van der Waals surface area contributed by atoms with Gasteiger partial charge in [-0.1, -0.05) is 100 Å². The molecule has 1 heteroatoms. The molecule has 0 bridgehead atoms. The van der Waals surface area contributed by atoms with Crippen LogP contribution in [0.1, 0.15) is 85.8 Å². The molecule has 4 aromatic rings. The summed E-state index contributed by atoms with van der Waals surface area (Å²) in [4.78, 5) is 0. The van der Waals surface area contributed by atoms with Crippen LogP contribution < -0.4 is 4.74 Å². The van der Waals surface area contributed by atoms with Crippen LogP contribution in [-0.2, 0) is 12.8 Å². The highest BCUT2D eigenvalue weighted by Crippen LogP contribution is 2.25. The highest BCUT2D eigenvalue weighted by molar-refractivity contribution is 5.38. The van der Waals surface area contributed by atoms with Gasteiger partial charge in [0.15, 0.2) is 0 Å². The Balaban J connectivity index is 1.31. The minimum atomic E-state index is 0.621. The fourth-order valence-electron chi connectivity index (χ4n) is 4.36. The van der Waals surface area contributed by atoms with Crippen molar-refractivity contribution < 1.29 is 4.74 Å². The second kappa shape index (κ2) is 11.9. The van der Waals surface area contributed by atoms with E-state index in [2.05, 4.69) is 125 Å². The molecule has 35 heavy (non-hydrogen) atoms. The highest BCUT2D eigenvalue weighted by Gasteiger charge is 2.05. The molecular formula is C34H38O. The standard InChI is InChI=1S/C34H38O/c1-5-25(3)31-15-7-27(8-16-31)23-29-11-19-33(20-12-29)35-34-21-13-30(14-22-34)24-28-9-17-32(18-10-28)26(4)6-2/h7-22,25-26H,5-6,23-24H2,1-4H3. The third kappa shape index (κ3) is 6.85. The van der Waals surface area contributed by atoms with E-state index in [4.69, 9.17) is 4.74 Å². The Morgan fingerprint density at radius 2 is 0.743 bits per heavy atom. The van der Waals surface area contributed by atoms with E-state index < -0.39 is 0 Å². The first-order chi connectivity index (χ1) is 17.0. The topological polar surface area (TPSA) is 9.23 Å². The molecule has 0 saturated heterocycles. The van der Waals surface area contributed by atoms with Crippen LogP contribution >= 0.6 is 0 Å². The molecule has 0 spiro atoms. The van der Waals surface area contributed by atoms with Gasteiger partial charge in [-0.3, -0.25) is 0 Å². The van der Waals surface area contributed by atoms with E-state index in [1.165, 1.54) is 46.2 Å². The Morgan fingerprint density at radius 1 is 0.457 bits per heavy atom. The van der Waals surface area contributed by atoms with Crippen LogP contribution in [0.2, 0.25) is 0 Å². The molecule has 0 amide bonds. The largest absolute Gasteiger partial charge is 0.457 e. The minimum Gasteiger partial charge on any atom is -0.457 e. The molecule has 180 valence electrons. The summed E-state index contributed by atoms with van der Waals surface area (Å²) in [5.41, 5.74) is 8.12. The lowest BCUT2D eigenvalue weighted by molar-refractivity contribution is 0.482. The van der Waals surface area contributed by atoms with Crippen molar-refractivity contribution >= 4 is 0 Å². The average molecular weight is 463 g/mol. The molecule has 0 aliphatic heterocycles. The third-order valence-electron chi connectivity index (χ3n) is 7.22.